The highest BCUT2D eigenvalue weighted by atomic mass is 79.9. The maximum atomic E-state index is 6.11. The first kappa shape index (κ1) is 17.9. The van der Waals surface area contributed by atoms with Crippen molar-refractivity contribution in [2.75, 3.05) is 14.2 Å². The van der Waals surface area contributed by atoms with Crippen LogP contribution in [0.25, 0.3) is 0 Å². The minimum Gasteiger partial charge on any atom is -0.493 e. The van der Waals surface area contributed by atoms with E-state index < -0.39 is 0 Å². The van der Waals surface area contributed by atoms with E-state index in [2.05, 4.69) is 26.5 Å². The summed E-state index contributed by atoms with van der Waals surface area (Å²) in [5.74, 6) is 1.26. The predicted molar refractivity (Wildman–Crippen MR) is 98.1 cm³/mol. The molecule has 0 amide bonds. The molecule has 0 fully saturated rings. The average molecular weight is 418 g/mol. The van der Waals surface area contributed by atoms with Gasteiger partial charge >= 0.3 is 0 Å². The van der Waals surface area contributed by atoms with Crippen molar-refractivity contribution in [2.45, 2.75) is 6.54 Å². The van der Waals surface area contributed by atoms with Crippen LogP contribution in [0.15, 0.2) is 39.9 Å². The van der Waals surface area contributed by atoms with Gasteiger partial charge < -0.3 is 14.9 Å². The molecule has 0 bridgehead atoms. The van der Waals surface area contributed by atoms with Crippen LogP contribution in [0.2, 0.25) is 10.0 Å². The van der Waals surface area contributed by atoms with Gasteiger partial charge in [0, 0.05) is 15.6 Å². The summed E-state index contributed by atoms with van der Waals surface area (Å²) in [4.78, 5) is 0. The quantitative estimate of drug-likeness (QED) is 0.537. The Morgan fingerprint density at radius 3 is 2.48 bits per heavy atom. The Balaban J connectivity index is 2.08. The lowest BCUT2D eigenvalue weighted by Gasteiger charge is -2.10. The summed E-state index contributed by atoms with van der Waals surface area (Å²) >= 11 is 15.7. The summed E-state index contributed by atoms with van der Waals surface area (Å²) in [5, 5.41) is 5.39. The highest BCUT2D eigenvalue weighted by molar-refractivity contribution is 9.10. The smallest absolute Gasteiger partial charge is 0.174 e. The first-order chi connectivity index (χ1) is 11.1. The van der Waals surface area contributed by atoms with E-state index in [0.29, 0.717) is 28.1 Å². The van der Waals surface area contributed by atoms with E-state index in [1.807, 2.05) is 12.1 Å². The van der Waals surface area contributed by atoms with Crippen LogP contribution >= 0.6 is 39.1 Å². The van der Waals surface area contributed by atoms with Crippen molar-refractivity contribution in [3.63, 3.8) is 0 Å². The summed E-state index contributed by atoms with van der Waals surface area (Å²) in [7, 11) is 3.17. The van der Waals surface area contributed by atoms with Crippen LogP contribution in [0, 0.1) is 0 Å². The van der Waals surface area contributed by atoms with Crippen LogP contribution in [0.4, 0.5) is 0 Å². The fourth-order valence-electron chi connectivity index (χ4n) is 1.96. The molecule has 0 spiro atoms. The number of methoxy groups -OCH3 is 2. The van der Waals surface area contributed by atoms with Gasteiger partial charge in [0.25, 0.3) is 0 Å². The van der Waals surface area contributed by atoms with Gasteiger partial charge in [-0.05, 0) is 45.8 Å². The van der Waals surface area contributed by atoms with E-state index in [1.54, 1.807) is 38.6 Å². The number of ether oxygens (including phenoxy) is 2. The van der Waals surface area contributed by atoms with Crippen molar-refractivity contribution in [3.05, 3.63) is 56.0 Å². The molecule has 0 saturated carbocycles. The number of halogens is 3. The molecule has 23 heavy (non-hydrogen) atoms. The summed E-state index contributed by atoms with van der Waals surface area (Å²) in [6, 6.07) is 9.10. The van der Waals surface area contributed by atoms with E-state index in [0.717, 1.165) is 15.6 Å². The van der Waals surface area contributed by atoms with Gasteiger partial charge in [-0.2, -0.15) is 5.10 Å². The van der Waals surface area contributed by atoms with Gasteiger partial charge in [-0.15, -0.1) is 0 Å². The van der Waals surface area contributed by atoms with Gasteiger partial charge in [0.05, 0.1) is 31.5 Å². The van der Waals surface area contributed by atoms with E-state index >= 15 is 0 Å². The first-order valence-electron chi connectivity index (χ1n) is 6.67. The van der Waals surface area contributed by atoms with E-state index in [4.69, 9.17) is 32.7 Å². The molecule has 0 aliphatic heterocycles. The van der Waals surface area contributed by atoms with Gasteiger partial charge in [-0.25, -0.2) is 0 Å². The molecule has 2 rings (SSSR count). The molecule has 122 valence electrons. The van der Waals surface area contributed by atoms with Crippen LogP contribution < -0.4 is 14.9 Å². The van der Waals surface area contributed by atoms with Gasteiger partial charge in [0.1, 0.15) is 0 Å². The fourth-order valence-corrected chi connectivity index (χ4v) is 3.11. The van der Waals surface area contributed by atoms with Gasteiger partial charge in [-0.3, -0.25) is 0 Å². The third-order valence-corrected chi connectivity index (χ3v) is 4.38. The highest BCUT2D eigenvalue weighted by Gasteiger charge is 2.09. The van der Waals surface area contributed by atoms with Crippen molar-refractivity contribution in [1.29, 1.82) is 0 Å². The number of hydrogen-bond donors (Lipinski definition) is 1. The van der Waals surface area contributed by atoms with Crippen molar-refractivity contribution >= 4 is 45.3 Å². The molecular weight excluding hydrogens is 403 g/mol. The summed E-state index contributed by atoms with van der Waals surface area (Å²) < 4.78 is 11.4. The molecule has 4 nitrogen and oxygen atoms in total. The summed E-state index contributed by atoms with van der Waals surface area (Å²) in [6.45, 7) is 0.434. The molecule has 7 heteroatoms. The lowest BCUT2D eigenvalue weighted by atomic mass is 10.2. The second-order valence-corrected chi connectivity index (χ2v) is 6.20. The molecule has 0 atom stereocenters. The Labute approximate surface area is 153 Å². The standard InChI is InChI=1S/C16H15BrCl2N2O2/c1-22-15-7-10(6-12(17)16(15)23-2)8-20-21-9-11-13(18)4-3-5-14(11)19/h3-8,21H,9H2,1-2H3/b20-8-. The number of hydrogen-bond acceptors (Lipinski definition) is 4. The molecule has 0 radical (unpaired) electrons. The molecule has 0 aliphatic carbocycles. The number of rotatable bonds is 6. The van der Waals surface area contributed by atoms with Crippen molar-refractivity contribution < 1.29 is 9.47 Å². The molecule has 2 aromatic rings. The van der Waals surface area contributed by atoms with Crippen molar-refractivity contribution in [2.24, 2.45) is 5.10 Å². The summed E-state index contributed by atoms with van der Waals surface area (Å²) in [6.07, 6.45) is 1.68. The third-order valence-electron chi connectivity index (χ3n) is 3.08. The van der Waals surface area contributed by atoms with Crippen LogP contribution in [0.5, 0.6) is 11.5 Å². The summed E-state index contributed by atoms with van der Waals surface area (Å²) in [5.41, 5.74) is 4.59. The minimum absolute atomic E-state index is 0.434. The molecule has 0 heterocycles. The maximum Gasteiger partial charge on any atom is 0.174 e. The Bertz CT molecular complexity index is 703. The second-order valence-electron chi connectivity index (χ2n) is 4.53. The maximum absolute atomic E-state index is 6.11. The topological polar surface area (TPSA) is 42.8 Å². The van der Waals surface area contributed by atoms with Crippen molar-refractivity contribution in [1.82, 2.24) is 5.43 Å². The third kappa shape index (κ3) is 4.53. The van der Waals surface area contributed by atoms with Gasteiger partial charge in [0.2, 0.25) is 0 Å². The number of benzene rings is 2. The largest absolute Gasteiger partial charge is 0.493 e. The average Bonchev–Trinajstić information content (AvgIpc) is 2.53. The fraction of sp³-hybridized carbons (Fsp3) is 0.188. The molecule has 0 unspecified atom stereocenters. The molecule has 2 aromatic carbocycles. The predicted octanol–water partition coefficient (Wildman–Crippen LogP) is 4.90. The van der Waals surface area contributed by atoms with E-state index in [9.17, 15) is 0 Å². The zero-order valence-electron chi connectivity index (χ0n) is 12.6. The molecule has 1 N–H and O–H groups in total. The number of nitrogens with one attached hydrogen (secondary N) is 1. The second kappa shape index (κ2) is 8.43. The van der Waals surface area contributed by atoms with E-state index in [-0.39, 0.29) is 0 Å². The SMILES string of the molecule is COc1cc(/C=N\NCc2c(Cl)cccc2Cl)cc(Br)c1OC. The molecule has 0 aliphatic rings. The number of hydrazone groups is 1. The molecule has 0 saturated heterocycles. The zero-order valence-corrected chi connectivity index (χ0v) is 15.7. The minimum atomic E-state index is 0.434. The van der Waals surface area contributed by atoms with Crippen LogP contribution in [-0.4, -0.2) is 20.4 Å². The first-order valence-corrected chi connectivity index (χ1v) is 8.22. The van der Waals surface area contributed by atoms with Gasteiger partial charge in [0.15, 0.2) is 11.5 Å². The Hall–Kier alpha value is -1.43. The van der Waals surface area contributed by atoms with Crippen LogP contribution in [-0.2, 0) is 6.54 Å². The monoisotopic (exact) mass is 416 g/mol. The van der Waals surface area contributed by atoms with Crippen molar-refractivity contribution in [3.8, 4) is 11.5 Å². The lowest BCUT2D eigenvalue weighted by Crippen LogP contribution is -2.06. The van der Waals surface area contributed by atoms with E-state index in [1.165, 1.54) is 0 Å². The van der Waals surface area contributed by atoms with Crippen LogP contribution in [0.3, 0.4) is 0 Å². The lowest BCUT2D eigenvalue weighted by molar-refractivity contribution is 0.353. The Kier molecular flexibility index (Phi) is 6.57. The molecular formula is C16H15BrCl2N2O2. The van der Waals surface area contributed by atoms with Crippen LogP contribution in [0.1, 0.15) is 11.1 Å². The Morgan fingerprint density at radius 2 is 1.87 bits per heavy atom. The Morgan fingerprint density at radius 1 is 1.17 bits per heavy atom. The molecule has 0 aromatic heterocycles. The normalized spacial score (nSPS) is 10.8. The highest BCUT2D eigenvalue weighted by Crippen LogP contribution is 2.35. The number of nitrogens with zero attached hydrogens (tertiary/aromatic N) is 1. The van der Waals surface area contributed by atoms with Gasteiger partial charge in [-0.1, -0.05) is 29.3 Å². The zero-order chi connectivity index (χ0) is 16.8.